The number of alkyl halides is 1. The smallest absolute Gasteiger partial charge is 0.0888 e. The topological polar surface area (TPSA) is 32.3 Å². The zero-order chi connectivity index (χ0) is 9.71. The van der Waals surface area contributed by atoms with Gasteiger partial charge in [-0.15, -0.1) is 11.6 Å². The Bertz CT molecular complexity index is 368. The van der Waals surface area contributed by atoms with Crippen LogP contribution in [0.5, 0.6) is 0 Å². The molecule has 2 N–H and O–H groups in total. The van der Waals surface area contributed by atoms with Gasteiger partial charge in [0.2, 0.25) is 0 Å². The summed E-state index contributed by atoms with van der Waals surface area (Å²) in [5.41, 5.74) is 2.23. The molecule has 4 unspecified atom stereocenters. The van der Waals surface area contributed by atoms with Crippen LogP contribution in [-0.4, -0.2) is 17.2 Å². The lowest BCUT2D eigenvalue weighted by Crippen LogP contribution is -2.23. The highest BCUT2D eigenvalue weighted by atomic mass is 35.5. The molecular formula is C11H12ClNO. The van der Waals surface area contributed by atoms with Gasteiger partial charge in [-0.05, 0) is 11.1 Å². The maximum atomic E-state index is 10.1. The van der Waals surface area contributed by atoms with Crippen molar-refractivity contribution >= 4 is 11.6 Å². The number of benzene rings is 1. The van der Waals surface area contributed by atoms with Gasteiger partial charge < -0.3 is 10.4 Å². The molecule has 2 nitrogen and oxygen atoms in total. The van der Waals surface area contributed by atoms with E-state index in [4.69, 9.17) is 11.6 Å². The minimum absolute atomic E-state index is 0.0950. The largest absolute Gasteiger partial charge is 0.388 e. The van der Waals surface area contributed by atoms with Gasteiger partial charge in [-0.3, -0.25) is 0 Å². The molecule has 1 aliphatic carbocycles. The van der Waals surface area contributed by atoms with Crippen LogP contribution < -0.4 is 5.32 Å². The molecule has 1 fully saturated rings. The van der Waals surface area contributed by atoms with E-state index < -0.39 is 6.10 Å². The number of rotatable bonds is 0. The molecule has 3 rings (SSSR count). The lowest BCUT2D eigenvalue weighted by atomic mass is 9.95. The fraction of sp³-hybridized carbons (Fsp3) is 0.455. The van der Waals surface area contributed by atoms with Crippen molar-refractivity contribution in [3.8, 4) is 0 Å². The molecule has 1 aromatic rings. The maximum Gasteiger partial charge on any atom is 0.0888 e. The zero-order valence-electron chi connectivity index (χ0n) is 7.65. The lowest BCUT2D eigenvalue weighted by molar-refractivity contribution is 0.120. The number of nitrogens with one attached hydrogen (secondary N) is 1. The summed E-state index contributed by atoms with van der Waals surface area (Å²) in [6.45, 7) is 0.882. The highest BCUT2D eigenvalue weighted by Crippen LogP contribution is 2.49. The van der Waals surface area contributed by atoms with Crippen LogP contribution in [0, 0.1) is 5.92 Å². The van der Waals surface area contributed by atoms with Crippen LogP contribution >= 0.6 is 11.6 Å². The summed E-state index contributed by atoms with van der Waals surface area (Å²) in [5, 5.41) is 13.3. The average Bonchev–Trinajstić information content (AvgIpc) is 2.70. The Morgan fingerprint density at radius 3 is 2.79 bits per heavy atom. The van der Waals surface area contributed by atoms with E-state index in [0.29, 0.717) is 5.92 Å². The number of fused-ring (bicyclic) bond motifs is 3. The standard InChI is InChI=1S/C11H12ClNO/c12-11-9-8(5-13-11)6-3-1-2-4-7(6)10(9)14/h1-4,8-11,13-14H,5H2. The van der Waals surface area contributed by atoms with Crippen LogP contribution in [0.3, 0.4) is 0 Å². The van der Waals surface area contributed by atoms with Crippen molar-refractivity contribution in [3.05, 3.63) is 35.4 Å². The van der Waals surface area contributed by atoms with Gasteiger partial charge in [0, 0.05) is 18.4 Å². The van der Waals surface area contributed by atoms with Gasteiger partial charge in [0.1, 0.15) is 0 Å². The van der Waals surface area contributed by atoms with Gasteiger partial charge >= 0.3 is 0 Å². The number of halogens is 1. The Hall–Kier alpha value is -0.570. The summed E-state index contributed by atoms with van der Waals surface area (Å²) in [6.07, 6.45) is -0.395. The van der Waals surface area contributed by atoms with E-state index in [-0.39, 0.29) is 11.4 Å². The van der Waals surface area contributed by atoms with Gasteiger partial charge in [-0.1, -0.05) is 24.3 Å². The normalized spacial score (nSPS) is 39.6. The van der Waals surface area contributed by atoms with Gasteiger partial charge in [-0.25, -0.2) is 0 Å². The SMILES string of the molecule is OC1c2ccccc2C2CNC(Cl)C12. The summed E-state index contributed by atoms with van der Waals surface area (Å²) in [4.78, 5) is 0. The Morgan fingerprint density at radius 2 is 2.00 bits per heavy atom. The second kappa shape index (κ2) is 2.96. The minimum Gasteiger partial charge on any atom is -0.388 e. The zero-order valence-corrected chi connectivity index (χ0v) is 8.41. The molecular weight excluding hydrogens is 198 g/mol. The third-order valence-electron chi connectivity index (χ3n) is 3.41. The van der Waals surface area contributed by atoms with E-state index in [0.717, 1.165) is 12.1 Å². The van der Waals surface area contributed by atoms with Crippen molar-refractivity contribution in [1.82, 2.24) is 5.32 Å². The second-order valence-corrected chi connectivity index (χ2v) is 4.54. The molecule has 2 aliphatic rings. The van der Waals surface area contributed by atoms with Crippen LogP contribution in [0.4, 0.5) is 0 Å². The van der Waals surface area contributed by atoms with Crippen LogP contribution in [0.2, 0.25) is 0 Å². The van der Waals surface area contributed by atoms with Crippen molar-refractivity contribution in [3.63, 3.8) is 0 Å². The Balaban J connectivity index is 2.10. The van der Waals surface area contributed by atoms with Crippen LogP contribution in [-0.2, 0) is 0 Å². The molecule has 0 saturated carbocycles. The fourth-order valence-corrected chi connectivity index (χ4v) is 3.14. The monoisotopic (exact) mass is 209 g/mol. The van der Waals surface area contributed by atoms with E-state index in [1.54, 1.807) is 0 Å². The lowest BCUT2D eigenvalue weighted by Gasteiger charge is -2.16. The Kier molecular flexibility index (Phi) is 1.84. The summed E-state index contributed by atoms with van der Waals surface area (Å²) >= 11 is 6.13. The fourth-order valence-electron chi connectivity index (χ4n) is 2.74. The second-order valence-electron chi connectivity index (χ2n) is 4.07. The molecule has 0 aromatic heterocycles. The van der Waals surface area contributed by atoms with Crippen molar-refractivity contribution in [2.45, 2.75) is 17.5 Å². The summed E-state index contributed by atoms with van der Waals surface area (Å²) in [5.74, 6) is 0.540. The summed E-state index contributed by atoms with van der Waals surface area (Å²) in [6, 6.07) is 8.09. The van der Waals surface area contributed by atoms with Crippen molar-refractivity contribution < 1.29 is 5.11 Å². The molecule has 1 aromatic carbocycles. The first-order valence-corrected chi connectivity index (χ1v) is 5.37. The molecule has 1 heterocycles. The van der Waals surface area contributed by atoms with E-state index in [1.165, 1.54) is 5.56 Å². The first-order valence-electron chi connectivity index (χ1n) is 4.93. The molecule has 1 aliphatic heterocycles. The first-order chi connectivity index (χ1) is 6.79. The Morgan fingerprint density at radius 1 is 1.29 bits per heavy atom. The highest BCUT2D eigenvalue weighted by molar-refractivity contribution is 6.20. The number of hydrogen-bond acceptors (Lipinski definition) is 2. The van der Waals surface area contributed by atoms with Crippen LogP contribution in [0.25, 0.3) is 0 Å². The average molecular weight is 210 g/mol. The molecule has 74 valence electrons. The third kappa shape index (κ3) is 0.991. The molecule has 4 atom stereocenters. The van der Waals surface area contributed by atoms with Crippen LogP contribution in [0.15, 0.2) is 24.3 Å². The Labute approximate surface area is 87.9 Å². The van der Waals surface area contributed by atoms with Crippen molar-refractivity contribution in [1.29, 1.82) is 0 Å². The molecule has 0 amide bonds. The predicted octanol–water partition coefficient (Wildman–Crippen LogP) is 1.60. The van der Waals surface area contributed by atoms with Gasteiger partial charge in [0.15, 0.2) is 0 Å². The highest BCUT2D eigenvalue weighted by Gasteiger charge is 2.47. The summed E-state index contributed by atoms with van der Waals surface area (Å²) < 4.78 is 0. The third-order valence-corrected chi connectivity index (χ3v) is 3.86. The molecule has 1 saturated heterocycles. The number of hydrogen-bond donors (Lipinski definition) is 2. The van der Waals surface area contributed by atoms with Gasteiger partial charge in [0.25, 0.3) is 0 Å². The predicted molar refractivity (Wildman–Crippen MR) is 55.3 cm³/mol. The first kappa shape index (κ1) is 8.72. The quantitative estimate of drug-likeness (QED) is 0.503. The van der Waals surface area contributed by atoms with Crippen molar-refractivity contribution in [2.24, 2.45) is 5.92 Å². The number of aliphatic hydroxyl groups excluding tert-OH is 1. The van der Waals surface area contributed by atoms with Gasteiger partial charge in [0.05, 0.1) is 11.6 Å². The van der Waals surface area contributed by atoms with Gasteiger partial charge in [-0.2, -0.15) is 0 Å². The molecule has 0 bridgehead atoms. The van der Waals surface area contributed by atoms with Crippen molar-refractivity contribution in [2.75, 3.05) is 6.54 Å². The molecule has 0 spiro atoms. The minimum atomic E-state index is -0.395. The van der Waals surface area contributed by atoms with E-state index >= 15 is 0 Å². The van der Waals surface area contributed by atoms with E-state index in [9.17, 15) is 5.11 Å². The van der Waals surface area contributed by atoms with E-state index in [2.05, 4.69) is 11.4 Å². The van der Waals surface area contributed by atoms with Crippen LogP contribution in [0.1, 0.15) is 23.1 Å². The number of aliphatic hydroxyl groups is 1. The maximum absolute atomic E-state index is 10.1. The summed E-state index contributed by atoms with van der Waals surface area (Å²) in [7, 11) is 0. The molecule has 14 heavy (non-hydrogen) atoms. The molecule has 0 radical (unpaired) electrons. The molecule has 3 heteroatoms. The van der Waals surface area contributed by atoms with E-state index in [1.807, 2.05) is 18.2 Å².